The quantitative estimate of drug-likeness (QED) is 0.749. The molecule has 25 heavy (non-hydrogen) atoms. The van der Waals surface area contributed by atoms with Gasteiger partial charge in [0.2, 0.25) is 0 Å². The Morgan fingerprint density at radius 2 is 2.04 bits per heavy atom. The fourth-order valence-electron chi connectivity index (χ4n) is 2.64. The third-order valence-electron chi connectivity index (χ3n) is 4.04. The zero-order chi connectivity index (χ0) is 17.8. The van der Waals surface area contributed by atoms with Crippen molar-refractivity contribution in [3.05, 3.63) is 54.0 Å². The molecule has 0 saturated heterocycles. The molecular weight excluding hydrogens is 318 g/mol. The fraction of sp³-hybridized carbons (Fsp3) is 0.278. The van der Waals surface area contributed by atoms with Gasteiger partial charge in [-0.2, -0.15) is 10.2 Å². The van der Waals surface area contributed by atoms with Crippen LogP contribution >= 0.6 is 0 Å². The molecule has 1 N–H and O–H groups in total. The molecule has 0 bridgehead atoms. The molecule has 3 aromatic rings. The zero-order valence-corrected chi connectivity index (χ0v) is 14.6. The second-order valence-corrected chi connectivity index (χ2v) is 5.69. The molecule has 0 aliphatic heterocycles. The first-order valence-electron chi connectivity index (χ1n) is 8.08. The Bertz CT molecular complexity index is 850. The van der Waals surface area contributed by atoms with Gasteiger partial charge in [-0.25, -0.2) is 0 Å². The minimum atomic E-state index is -0.115. The highest BCUT2D eigenvalue weighted by Gasteiger charge is 2.17. The molecule has 2 aromatic heterocycles. The van der Waals surface area contributed by atoms with Crippen molar-refractivity contribution >= 4 is 5.91 Å². The van der Waals surface area contributed by atoms with Crippen LogP contribution in [0.15, 0.2) is 42.6 Å². The first-order valence-corrected chi connectivity index (χ1v) is 8.08. The monoisotopic (exact) mass is 339 g/mol. The maximum atomic E-state index is 12.6. The molecular formula is C18H21N5O2. The van der Waals surface area contributed by atoms with Gasteiger partial charge in [-0.15, -0.1) is 0 Å². The van der Waals surface area contributed by atoms with Crippen LogP contribution in [0.1, 0.15) is 23.1 Å². The lowest BCUT2D eigenvalue weighted by molar-refractivity contribution is 0.0775. The summed E-state index contributed by atoms with van der Waals surface area (Å²) in [5, 5.41) is 11.3. The molecule has 0 aliphatic carbocycles. The molecule has 0 aliphatic rings. The summed E-state index contributed by atoms with van der Waals surface area (Å²) in [6, 6.07) is 11.2. The van der Waals surface area contributed by atoms with Gasteiger partial charge in [-0.05, 0) is 43.3 Å². The van der Waals surface area contributed by atoms with Crippen molar-refractivity contribution in [1.29, 1.82) is 0 Å². The van der Waals surface area contributed by atoms with Crippen molar-refractivity contribution in [1.82, 2.24) is 24.9 Å². The van der Waals surface area contributed by atoms with Crippen LogP contribution in [-0.2, 0) is 13.1 Å². The second kappa shape index (κ2) is 7.21. The highest BCUT2D eigenvalue weighted by molar-refractivity contribution is 5.93. The molecule has 0 atom stereocenters. The van der Waals surface area contributed by atoms with Crippen molar-refractivity contribution in [2.75, 3.05) is 14.2 Å². The number of carbonyl (C=O) groups is 1. The van der Waals surface area contributed by atoms with E-state index in [0.29, 0.717) is 12.2 Å². The molecule has 130 valence electrons. The van der Waals surface area contributed by atoms with Crippen molar-refractivity contribution in [3.8, 4) is 17.0 Å². The first kappa shape index (κ1) is 16.8. The lowest BCUT2D eigenvalue weighted by Crippen LogP contribution is -2.27. The molecule has 7 nitrogen and oxygen atoms in total. The van der Waals surface area contributed by atoms with Crippen LogP contribution in [0.25, 0.3) is 11.3 Å². The summed E-state index contributed by atoms with van der Waals surface area (Å²) in [7, 11) is 3.39. The van der Waals surface area contributed by atoms with Crippen molar-refractivity contribution < 1.29 is 9.53 Å². The van der Waals surface area contributed by atoms with Crippen LogP contribution in [0, 0.1) is 0 Å². The normalized spacial score (nSPS) is 10.7. The number of hydrogen-bond acceptors (Lipinski definition) is 4. The Morgan fingerprint density at radius 3 is 2.72 bits per heavy atom. The number of carbonyl (C=O) groups excluding carboxylic acids is 1. The standard InChI is InChI=1S/C18H21N5O2/c1-4-23-14(9-10-19-23)12-22(2)18(24)17-11-16(20-21-17)13-5-7-15(25-3)8-6-13/h5-11H,4,12H2,1-3H3,(H,20,21). The van der Waals surface area contributed by atoms with Crippen LogP contribution in [-0.4, -0.2) is 44.9 Å². The number of hydrogen-bond donors (Lipinski definition) is 1. The highest BCUT2D eigenvalue weighted by Crippen LogP contribution is 2.21. The van der Waals surface area contributed by atoms with E-state index in [1.54, 1.807) is 31.3 Å². The Kier molecular flexibility index (Phi) is 4.83. The number of H-pyrrole nitrogens is 1. The minimum absolute atomic E-state index is 0.115. The summed E-state index contributed by atoms with van der Waals surface area (Å²) in [4.78, 5) is 14.3. The number of nitrogens with one attached hydrogen (secondary N) is 1. The largest absolute Gasteiger partial charge is 0.497 e. The molecule has 3 rings (SSSR count). The molecule has 1 aromatic carbocycles. The Hall–Kier alpha value is -3.09. The molecule has 1 amide bonds. The summed E-state index contributed by atoms with van der Waals surface area (Å²) in [5.41, 5.74) is 3.09. The van der Waals surface area contributed by atoms with E-state index in [0.717, 1.165) is 29.2 Å². The predicted octanol–water partition coefficient (Wildman–Crippen LogP) is 2.57. The van der Waals surface area contributed by atoms with Crippen LogP contribution in [0.4, 0.5) is 0 Å². The molecule has 0 unspecified atom stereocenters. The number of ether oxygens (including phenoxy) is 1. The maximum absolute atomic E-state index is 12.6. The summed E-state index contributed by atoms with van der Waals surface area (Å²) < 4.78 is 7.03. The number of aromatic amines is 1. The van der Waals surface area contributed by atoms with Crippen molar-refractivity contribution in [2.24, 2.45) is 0 Å². The SMILES string of the molecule is CCn1nccc1CN(C)C(=O)c1cc(-c2ccc(OC)cc2)n[nH]1. The minimum Gasteiger partial charge on any atom is -0.497 e. The number of aromatic nitrogens is 4. The van der Waals surface area contributed by atoms with Gasteiger partial charge in [-0.1, -0.05) is 0 Å². The van der Waals surface area contributed by atoms with Gasteiger partial charge in [-0.3, -0.25) is 14.6 Å². The molecule has 0 radical (unpaired) electrons. The Balaban J connectivity index is 1.73. The van der Waals surface area contributed by atoms with E-state index in [-0.39, 0.29) is 5.91 Å². The van der Waals surface area contributed by atoms with Gasteiger partial charge in [0.05, 0.1) is 25.0 Å². The van der Waals surface area contributed by atoms with E-state index >= 15 is 0 Å². The summed E-state index contributed by atoms with van der Waals surface area (Å²) in [6.07, 6.45) is 1.75. The van der Waals surface area contributed by atoms with E-state index < -0.39 is 0 Å². The first-order chi connectivity index (χ1) is 12.1. The van der Waals surface area contributed by atoms with Crippen LogP contribution in [0.5, 0.6) is 5.75 Å². The predicted molar refractivity (Wildman–Crippen MR) is 94.3 cm³/mol. The molecule has 0 spiro atoms. The smallest absolute Gasteiger partial charge is 0.271 e. The number of aryl methyl sites for hydroxylation is 1. The third kappa shape index (κ3) is 3.55. The van der Waals surface area contributed by atoms with Crippen LogP contribution < -0.4 is 4.74 Å². The van der Waals surface area contributed by atoms with Crippen molar-refractivity contribution in [3.63, 3.8) is 0 Å². The lowest BCUT2D eigenvalue weighted by Gasteiger charge is -2.16. The van der Waals surface area contributed by atoms with Gasteiger partial charge in [0.15, 0.2) is 0 Å². The van der Waals surface area contributed by atoms with Gasteiger partial charge in [0.25, 0.3) is 5.91 Å². The average Bonchev–Trinajstić information content (AvgIpc) is 3.30. The van der Waals surface area contributed by atoms with Crippen LogP contribution in [0.3, 0.4) is 0 Å². The topological polar surface area (TPSA) is 76.0 Å². The van der Waals surface area contributed by atoms with E-state index in [1.165, 1.54) is 0 Å². The van der Waals surface area contributed by atoms with Gasteiger partial charge in [0, 0.05) is 25.4 Å². The van der Waals surface area contributed by atoms with E-state index in [1.807, 2.05) is 41.9 Å². The Morgan fingerprint density at radius 1 is 1.28 bits per heavy atom. The lowest BCUT2D eigenvalue weighted by atomic mass is 10.1. The molecule has 0 saturated carbocycles. The van der Waals surface area contributed by atoms with Gasteiger partial charge in [0.1, 0.15) is 11.4 Å². The van der Waals surface area contributed by atoms with E-state index in [4.69, 9.17) is 4.74 Å². The zero-order valence-electron chi connectivity index (χ0n) is 14.6. The van der Waals surface area contributed by atoms with Crippen molar-refractivity contribution in [2.45, 2.75) is 20.0 Å². The highest BCUT2D eigenvalue weighted by atomic mass is 16.5. The average molecular weight is 339 g/mol. The van der Waals surface area contributed by atoms with Gasteiger partial charge < -0.3 is 9.64 Å². The number of methoxy groups -OCH3 is 1. The molecule has 2 heterocycles. The summed E-state index contributed by atoms with van der Waals surface area (Å²) in [6.45, 7) is 3.29. The fourth-order valence-corrected chi connectivity index (χ4v) is 2.64. The third-order valence-corrected chi connectivity index (χ3v) is 4.04. The number of benzene rings is 1. The number of nitrogens with zero attached hydrogens (tertiary/aromatic N) is 4. The van der Waals surface area contributed by atoms with Gasteiger partial charge >= 0.3 is 0 Å². The summed E-state index contributed by atoms with van der Waals surface area (Å²) in [5.74, 6) is 0.666. The van der Waals surface area contributed by atoms with Crippen LogP contribution in [0.2, 0.25) is 0 Å². The molecule has 0 fully saturated rings. The number of rotatable bonds is 6. The maximum Gasteiger partial charge on any atom is 0.271 e. The van der Waals surface area contributed by atoms with E-state index in [9.17, 15) is 4.79 Å². The Labute approximate surface area is 146 Å². The summed E-state index contributed by atoms with van der Waals surface area (Å²) >= 11 is 0. The molecule has 7 heteroatoms. The second-order valence-electron chi connectivity index (χ2n) is 5.69. The van der Waals surface area contributed by atoms with E-state index in [2.05, 4.69) is 15.3 Å². The number of amides is 1.